The van der Waals surface area contributed by atoms with Gasteiger partial charge in [0.1, 0.15) is 0 Å². The van der Waals surface area contributed by atoms with Crippen molar-refractivity contribution in [1.29, 1.82) is 0 Å². The van der Waals surface area contributed by atoms with Gasteiger partial charge in [0.2, 0.25) is 0 Å². The Bertz CT molecular complexity index is 211. The van der Waals surface area contributed by atoms with E-state index in [2.05, 4.69) is 4.79 Å². The van der Waals surface area contributed by atoms with Crippen molar-refractivity contribution in [3.8, 4) is 0 Å². The Kier molecular flexibility index (Phi) is 1.58. The maximum Gasteiger partial charge on any atom is 0.324 e. The van der Waals surface area contributed by atoms with E-state index < -0.39 is 6.10 Å². The fourth-order valence-corrected chi connectivity index (χ4v) is 0.613. The van der Waals surface area contributed by atoms with Crippen molar-refractivity contribution in [3.05, 3.63) is 29.8 Å². The lowest BCUT2D eigenvalue weighted by Crippen LogP contribution is -2.17. The maximum atomic E-state index is 8.94. The summed E-state index contributed by atoms with van der Waals surface area (Å²) >= 11 is 0. The minimum Gasteiger partial charge on any atom is -0.377 e. The largest absolute Gasteiger partial charge is 0.377 e. The molecule has 3 nitrogen and oxygen atoms in total. The Balaban J connectivity index is 2.90. The van der Waals surface area contributed by atoms with Crippen molar-refractivity contribution >= 4 is 5.71 Å². The lowest BCUT2D eigenvalue weighted by Gasteiger charge is -1.97. The highest BCUT2D eigenvalue weighted by Crippen LogP contribution is 1.96. The zero-order chi connectivity index (χ0) is 6.69. The van der Waals surface area contributed by atoms with E-state index in [1.165, 1.54) is 6.08 Å². The SMILES string of the molecule is [N-]=[N+]=C1C=CC=CC1O. The van der Waals surface area contributed by atoms with Gasteiger partial charge in [-0.1, -0.05) is 12.2 Å². The summed E-state index contributed by atoms with van der Waals surface area (Å²) in [5.74, 6) is 0. The second-order valence-electron chi connectivity index (χ2n) is 1.71. The van der Waals surface area contributed by atoms with Crippen molar-refractivity contribution in [3.63, 3.8) is 0 Å². The Labute approximate surface area is 52.6 Å². The standard InChI is InChI=1S/C6H6N2O/c7-8-5-3-1-2-4-6(5)9/h1-4,6,9H. The number of nitrogens with zero attached hydrogens (tertiary/aromatic N) is 2. The minimum atomic E-state index is -0.750. The molecular formula is C6H6N2O. The summed E-state index contributed by atoms with van der Waals surface area (Å²) in [6.45, 7) is 0. The van der Waals surface area contributed by atoms with E-state index in [0.717, 1.165) is 0 Å². The average molecular weight is 122 g/mol. The van der Waals surface area contributed by atoms with Crippen LogP contribution in [0.5, 0.6) is 0 Å². The number of hydrogen-bond acceptors (Lipinski definition) is 1. The van der Waals surface area contributed by atoms with Gasteiger partial charge in [0.05, 0.1) is 0 Å². The topological polar surface area (TPSA) is 56.6 Å². The van der Waals surface area contributed by atoms with Gasteiger partial charge in [0.15, 0.2) is 6.10 Å². The van der Waals surface area contributed by atoms with Crippen LogP contribution in [0, 0.1) is 0 Å². The molecule has 0 saturated heterocycles. The van der Waals surface area contributed by atoms with E-state index in [1.807, 2.05) is 0 Å². The second-order valence-corrected chi connectivity index (χ2v) is 1.71. The van der Waals surface area contributed by atoms with E-state index in [9.17, 15) is 0 Å². The van der Waals surface area contributed by atoms with Gasteiger partial charge in [-0.05, 0) is 6.08 Å². The molecule has 9 heavy (non-hydrogen) atoms. The van der Waals surface area contributed by atoms with Crippen LogP contribution in [0.15, 0.2) is 24.3 Å². The van der Waals surface area contributed by atoms with Gasteiger partial charge in [-0.15, -0.1) is 0 Å². The highest BCUT2D eigenvalue weighted by atomic mass is 16.3. The van der Waals surface area contributed by atoms with Gasteiger partial charge in [0, 0.05) is 6.08 Å². The van der Waals surface area contributed by atoms with Crippen LogP contribution >= 0.6 is 0 Å². The molecule has 1 atom stereocenters. The fraction of sp³-hybridized carbons (Fsp3) is 0.167. The summed E-state index contributed by atoms with van der Waals surface area (Å²) in [7, 11) is 0. The van der Waals surface area contributed by atoms with Gasteiger partial charge < -0.3 is 10.6 Å². The Hall–Kier alpha value is -1.18. The summed E-state index contributed by atoms with van der Waals surface area (Å²) in [6.07, 6.45) is 5.72. The maximum absolute atomic E-state index is 8.94. The molecule has 0 amide bonds. The lowest BCUT2D eigenvalue weighted by molar-refractivity contribution is -0.0151. The molecule has 0 aromatic heterocycles. The predicted molar refractivity (Wildman–Crippen MR) is 32.9 cm³/mol. The van der Waals surface area contributed by atoms with Crippen LogP contribution in [-0.2, 0) is 0 Å². The number of rotatable bonds is 0. The smallest absolute Gasteiger partial charge is 0.324 e. The molecule has 0 aliphatic heterocycles. The van der Waals surface area contributed by atoms with E-state index in [4.69, 9.17) is 10.6 Å². The monoisotopic (exact) mass is 122 g/mol. The second kappa shape index (κ2) is 2.40. The molecule has 46 valence electrons. The first-order valence-electron chi connectivity index (χ1n) is 2.59. The van der Waals surface area contributed by atoms with E-state index in [0.29, 0.717) is 0 Å². The molecule has 1 aliphatic rings. The molecule has 0 heterocycles. The average Bonchev–Trinajstić information content (AvgIpc) is 1.89. The molecule has 0 fully saturated rings. The van der Waals surface area contributed by atoms with Crippen molar-refractivity contribution in [2.75, 3.05) is 0 Å². The first-order valence-corrected chi connectivity index (χ1v) is 2.59. The third kappa shape index (κ3) is 1.13. The lowest BCUT2D eigenvalue weighted by atomic mass is 10.1. The van der Waals surface area contributed by atoms with Crippen LogP contribution in [-0.4, -0.2) is 21.7 Å². The third-order valence-corrected chi connectivity index (χ3v) is 1.09. The van der Waals surface area contributed by atoms with E-state index in [-0.39, 0.29) is 5.71 Å². The Morgan fingerprint density at radius 2 is 2.33 bits per heavy atom. The Morgan fingerprint density at radius 1 is 1.56 bits per heavy atom. The van der Waals surface area contributed by atoms with Crippen LogP contribution in [0.3, 0.4) is 0 Å². The quantitative estimate of drug-likeness (QED) is 0.360. The fourth-order valence-electron chi connectivity index (χ4n) is 0.613. The van der Waals surface area contributed by atoms with Gasteiger partial charge in [-0.2, -0.15) is 4.79 Å². The first-order chi connectivity index (χ1) is 4.34. The summed E-state index contributed by atoms with van der Waals surface area (Å²) in [6, 6.07) is 0. The summed E-state index contributed by atoms with van der Waals surface area (Å²) < 4.78 is 0. The number of hydrogen-bond donors (Lipinski definition) is 1. The van der Waals surface area contributed by atoms with Gasteiger partial charge in [-0.3, -0.25) is 0 Å². The van der Waals surface area contributed by atoms with Crippen LogP contribution in [0.25, 0.3) is 5.53 Å². The van der Waals surface area contributed by atoms with Crippen LogP contribution in [0.2, 0.25) is 0 Å². The molecule has 1 aliphatic carbocycles. The summed E-state index contributed by atoms with van der Waals surface area (Å²) in [4.78, 5) is 2.86. The highest BCUT2D eigenvalue weighted by Gasteiger charge is 2.15. The van der Waals surface area contributed by atoms with Crippen molar-refractivity contribution < 1.29 is 9.90 Å². The van der Waals surface area contributed by atoms with Crippen LogP contribution < -0.4 is 0 Å². The van der Waals surface area contributed by atoms with Crippen molar-refractivity contribution in [2.45, 2.75) is 6.10 Å². The van der Waals surface area contributed by atoms with Gasteiger partial charge in [-0.25, -0.2) is 0 Å². The highest BCUT2D eigenvalue weighted by molar-refractivity contribution is 5.96. The molecule has 0 aromatic carbocycles. The number of aliphatic hydroxyl groups excluding tert-OH is 1. The third-order valence-electron chi connectivity index (χ3n) is 1.09. The number of aliphatic hydroxyl groups is 1. The first kappa shape index (κ1) is 5.95. The van der Waals surface area contributed by atoms with Gasteiger partial charge in [0.25, 0.3) is 0 Å². The van der Waals surface area contributed by atoms with Gasteiger partial charge >= 0.3 is 5.71 Å². The van der Waals surface area contributed by atoms with E-state index >= 15 is 0 Å². The molecule has 0 radical (unpaired) electrons. The summed E-state index contributed by atoms with van der Waals surface area (Å²) in [5, 5.41) is 8.94. The Morgan fingerprint density at radius 3 is 2.78 bits per heavy atom. The summed E-state index contributed by atoms with van der Waals surface area (Å²) in [5.41, 5.74) is 8.48. The predicted octanol–water partition coefficient (Wildman–Crippen LogP) is 0.144. The molecule has 1 rings (SSSR count). The number of allylic oxidation sites excluding steroid dienone is 2. The molecule has 1 unspecified atom stereocenters. The van der Waals surface area contributed by atoms with Crippen molar-refractivity contribution in [1.82, 2.24) is 0 Å². The molecular weight excluding hydrogens is 116 g/mol. The zero-order valence-corrected chi connectivity index (χ0v) is 4.73. The van der Waals surface area contributed by atoms with Crippen molar-refractivity contribution in [2.24, 2.45) is 0 Å². The van der Waals surface area contributed by atoms with E-state index in [1.54, 1.807) is 18.2 Å². The normalized spacial score (nSPS) is 24.1. The van der Waals surface area contributed by atoms with Crippen LogP contribution in [0.4, 0.5) is 0 Å². The molecule has 0 bridgehead atoms. The zero-order valence-electron chi connectivity index (χ0n) is 4.73. The minimum absolute atomic E-state index is 0.275. The molecule has 0 spiro atoms. The molecule has 0 aromatic rings. The molecule has 0 saturated carbocycles. The van der Waals surface area contributed by atoms with Crippen LogP contribution in [0.1, 0.15) is 0 Å². The molecule has 3 heteroatoms. The molecule has 1 N–H and O–H groups in total.